The van der Waals surface area contributed by atoms with E-state index in [0.29, 0.717) is 0 Å². The number of fused-ring (bicyclic) bond motifs is 1. The molecule has 21 heavy (non-hydrogen) atoms. The minimum absolute atomic E-state index is 0.762. The van der Waals surface area contributed by atoms with Crippen LogP contribution in [0.25, 0.3) is 22.2 Å². The normalized spacial score (nSPS) is 11.0. The van der Waals surface area contributed by atoms with Crippen molar-refractivity contribution in [1.82, 2.24) is 4.98 Å². The molecule has 0 aliphatic heterocycles. The third-order valence-corrected chi connectivity index (χ3v) is 4.18. The summed E-state index contributed by atoms with van der Waals surface area (Å²) in [6, 6.07) is 10.5. The van der Waals surface area contributed by atoms with E-state index in [9.17, 15) is 4.79 Å². The van der Waals surface area contributed by atoms with E-state index in [1.165, 1.54) is 11.1 Å². The Hall–Kier alpha value is -2.35. The summed E-state index contributed by atoms with van der Waals surface area (Å²) in [4.78, 5) is 15.2. The van der Waals surface area contributed by atoms with Gasteiger partial charge in [-0.15, -0.1) is 0 Å². The molecule has 1 aromatic heterocycles. The van der Waals surface area contributed by atoms with Crippen LogP contribution in [-0.4, -0.2) is 11.3 Å². The van der Waals surface area contributed by atoms with Crippen molar-refractivity contribution in [3.63, 3.8) is 0 Å². The van der Waals surface area contributed by atoms with Crippen molar-refractivity contribution in [2.75, 3.05) is 0 Å². The van der Waals surface area contributed by atoms with E-state index in [1.807, 2.05) is 6.92 Å². The van der Waals surface area contributed by atoms with Crippen molar-refractivity contribution in [3.8, 4) is 11.3 Å². The number of aryl methyl sites for hydroxylation is 4. The summed E-state index contributed by atoms with van der Waals surface area (Å²) in [5.74, 6) is 0. The number of rotatable bonds is 2. The second-order valence-electron chi connectivity index (χ2n) is 5.80. The Balaban J connectivity index is 2.40. The third kappa shape index (κ3) is 2.07. The molecule has 1 heterocycles. The Labute approximate surface area is 124 Å². The lowest BCUT2D eigenvalue weighted by atomic mass is 9.98. The first-order valence-corrected chi connectivity index (χ1v) is 7.17. The molecule has 0 saturated carbocycles. The maximum Gasteiger partial charge on any atom is 0.152 e. The van der Waals surface area contributed by atoms with E-state index < -0.39 is 0 Å². The van der Waals surface area contributed by atoms with Gasteiger partial charge in [0.2, 0.25) is 0 Å². The molecule has 0 atom stereocenters. The van der Waals surface area contributed by atoms with Crippen LogP contribution in [0.1, 0.15) is 32.6 Å². The second kappa shape index (κ2) is 4.88. The Morgan fingerprint density at radius 1 is 0.905 bits per heavy atom. The number of H-pyrrole nitrogens is 1. The molecule has 0 bridgehead atoms. The molecule has 0 fully saturated rings. The van der Waals surface area contributed by atoms with Gasteiger partial charge in [-0.1, -0.05) is 35.9 Å². The van der Waals surface area contributed by atoms with Crippen molar-refractivity contribution in [3.05, 3.63) is 58.1 Å². The van der Waals surface area contributed by atoms with Crippen molar-refractivity contribution >= 4 is 17.2 Å². The highest BCUT2D eigenvalue weighted by Crippen LogP contribution is 2.34. The largest absolute Gasteiger partial charge is 0.354 e. The smallest absolute Gasteiger partial charge is 0.152 e. The average Bonchev–Trinajstić information content (AvgIpc) is 2.83. The Morgan fingerprint density at radius 2 is 1.62 bits per heavy atom. The minimum Gasteiger partial charge on any atom is -0.354 e. The molecule has 106 valence electrons. The molecule has 2 heteroatoms. The van der Waals surface area contributed by atoms with E-state index in [1.54, 1.807) is 0 Å². The van der Waals surface area contributed by atoms with Crippen LogP contribution in [0, 0.1) is 27.7 Å². The topological polar surface area (TPSA) is 32.9 Å². The molecule has 0 aliphatic rings. The summed E-state index contributed by atoms with van der Waals surface area (Å²) in [7, 11) is 0. The fourth-order valence-corrected chi connectivity index (χ4v) is 3.06. The van der Waals surface area contributed by atoms with E-state index in [2.05, 4.69) is 56.1 Å². The van der Waals surface area contributed by atoms with Gasteiger partial charge in [-0.05, 0) is 44.4 Å². The monoisotopic (exact) mass is 277 g/mol. The van der Waals surface area contributed by atoms with Crippen LogP contribution in [0.3, 0.4) is 0 Å². The summed E-state index contributed by atoms with van der Waals surface area (Å²) < 4.78 is 0. The quantitative estimate of drug-likeness (QED) is 0.665. The van der Waals surface area contributed by atoms with Crippen LogP contribution < -0.4 is 0 Å². The molecule has 0 spiro atoms. The predicted molar refractivity (Wildman–Crippen MR) is 88.1 cm³/mol. The maximum absolute atomic E-state index is 11.7. The van der Waals surface area contributed by atoms with Crippen molar-refractivity contribution < 1.29 is 4.79 Å². The maximum atomic E-state index is 11.7. The van der Waals surface area contributed by atoms with Gasteiger partial charge < -0.3 is 4.98 Å². The van der Waals surface area contributed by atoms with Crippen molar-refractivity contribution in [2.24, 2.45) is 0 Å². The second-order valence-corrected chi connectivity index (χ2v) is 5.80. The molecule has 0 unspecified atom stereocenters. The van der Waals surface area contributed by atoms with E-state index in [4.69, 9.17) is 0 Å². The predicted octanol–water partition coefficient (Wildman–Crippen LogP) is 4.88. The molecule has 3 rings (SSSR count). The zero-order chi connectivity index (χ0) is 15.1. The number of aromatic amines is 1. The summed E-state index contributed by atoms with van der Waals surface area (Å²) in [6.45, 7) is 8.28. The summed E-state index contributed by atoms with van der Waals surface area (Å²) in [6.07, 6.45) is 0.972. The number of hydrogen-bond donors (Lipinski definition) is 1. The van der Waals surface area contributed by atoms with Gasteiger partial charge in [0.15, 0.2) is 6.29 Å². The van der Waals surface area contributed by atoms with E-state index >= 15 is 0 Å². The Bertz CT molecular complexity index is 856. The third-order valence-electron chi connectivity index (χ3n) is 4.18. The van der Waals surface area contributed by atoms with Gasteiger partial charge in [0, 0.05) is 22.0 Å². The van der Waals surface area contributed by atoms with Crippen molar-refractivity contribution in [1.29, 1.82) is 0 Å². The van der Waals surface area contributed by atoms with Gasteiger partial charge in [0.1, 0.15) is 0 Å². The fourth-order valence-electron chi connectivity index (χ4n) is 3.06. The zero-order valence-corrected chi connectivity index (χ0v) is 12.9. The first-order chi connectivity index (χ1) is 10.0. The van der Waals surface area contributed by atoms with Gasteiger partial charge in [-0.3, -0.25) is 4.79 Å². The molecule has 2 aromatic carbocycles. The highest BCUT2D eigenvalue weighted by molar-refractivity contribution is 6.07. The van der Waals surface area contributed by atoms with Gasteiger partial charge in [0.05, 0.1) is 5.69 Å². The number of carbonyl (C=O) groups excluding carboxylic acids is 1. The molecule has 0 aliphatic carbocycles. The van der Waals surface area contributed by atoms with E-state index in [-0.39, 0.29) is 0 Å². The molecule has 0 saturated heterocycles. The van der Waals surface area contributed by atoms with Gasteiger partial charge in [-0.2, -0.15) is 0 Å². The number of benzene rings is 2. The Morgan fingerprint density at radius 3 is 2.29 bits per heavy atom. The number of aromatic nitrogens is 1. The lowest BCUT2D eigenvalue weighted by Crippen LogP contribution is -1.89. The molecule has 1 N–H and O–H groups in total. The van der Waals surface area contributed by atoms with Crippen LogP contribution >= 0.6 is 0 Å². The molecule has 0 amide bonds. The molecular weight excluding hydrogens is 258 g/mol. The van der Waals surface area contributed by atoms with Crippen LogP contribution in [0.4, 0.5) is 0 Å². The highest BCUT2D eigenvalue weighted by atomic mass is 16.1. The van der Waals surface area contributed by atoms with Crippen LogP contribution in [0.2, 0.25) is 0 Å². The van der Waals surface area contributed by atoms with E-state index in [0.717, 1.165) is 45.1 Å². The standard InChI is InChI=1S/C19H19NO/c1-11-5-8-15(14(4)9-11)19-16(10-21)17-12(2)6-7-13(3)18(17)20-19/h5-10,20H,1-4H3. The minimum atomic E-state index is 0.762. The number of hydrogen-bond acceptors (Lipinski definition) is 1. The van der Waals surface area contributed by atoms with Gasteiger partial charge in [-0.25, -0.2) is 0 Å². The lowest BCUT2D eigenvalue weighted by Gasteiger charge is -2.06. The highest BCUT2D eigenvalue weighted by Gasteiger charge is 2.16. The lowest BCUT2D eigenvalue weighted by molar-refractivity contribution is 0.112. The van der Waals surface area contributed by atoms with Crippen LogP contribution in [0.15, 0.2) is 30.3 Å². The molecule has 2 nitrogen and oxygen atoms in total. The number of carbonyl (C=O) groups is 1. The van der Waals surface area contributed by atoms with Crippen LogP contribution in [-0.2, 0) is 0 Å². The molecule has 3 aromatic rings. The molecular formula is C19H19NO. The Kier molecular flexibility index (Phi) is 3.17. The first-order valence-electron chi connectivity index (χ1n) is 7.17. The number of nitrogens with one attached hydrogen (secondary N) is 1. The van der Waals surface area contributed by atoms with Crippen molar-refractivity contribution in [2.45, 2.75) is 27.7 Å². The fraction of sp³-hybridized carbons (Fsp3) is 0.211. The average molecular weight is 277 g/mol. The zero-order valence-electron chi connectivity index (χ0n) is 12.9. The summed E-state index contributed by atoms with van der Waals surface area (Å²) in [5.41, 5.74) is 8.55. The first kappa shape index (κ1) is 13.6. The summed E-state index contributed by atoms with van der Waals surface area (Å²) in [5, 5.41) is 1.04. The van der Waals surface area contributed by atoms with Crippen LogP contribution in [0.5, 0.6) is 0 Å². The summed E-state index contributed by atoms with van der Waals surface area (Å²) >= 11 is 0. The SMILES string of the molecule is Cc1ccc(-c2[nH]c3c(C)ccc(C)c3c2C=O)c(C)c1. The number of aldehydes is 1. The van der Waals surface area contributed by atoms with Gasteiger partial charge in [0.25, 0.3) is 0 Å². The molecule has 0 radical (unpaired) electrons. The van der Waals surface area contributed by atoms with Gasteiger partial charge >= 0.3 is 0 Å².